The van der Waals surface area contributed by atoms with Crippen LogP contribution in [0, 0.1) is 5.92 Å². The van der Waals surface area contributed by atoms with Gasteiger partial charge in [-0.25, -0.2) is 0 Å². The van der Waals surface area contributed by atoms with Crippen LogP contribution in [0.3, 0.4) is 0 Å². The molecule has 2 atom stereocenters. The Morgan fingerprint density at radius 3 is 2.95 bits per heavy atom. The highest BCUT2D eigenvalue weighted by Gasteiger charge is 2.35. The molecule has 22 heavy (non-hydrogen) atoms. The highest BCUT2D eigenvalue weighted by Crippen LogP contribution is 2.34. The Morgan fingerprint density at radius 1 is 1.41 bits per heavy atom. The zero-order valence-electron chi connectivity index (χ0n) is 12.9. The zero-order valence-corrected chi connectivity index (χ0v) is 12.9. The van der Waals surface area contributed by atoms with Gasteiger partial charge in [0.1, 0.15) is 12.4 Å². The number of amides is 1. The van der Waals surface area contributed by atoms with Crippen molar-refractivity contribution in [3.63, 3.8) is 0 Å². The Bertz CT molecular complexity index is 529. The lowest BCUT2D eigenvalue weighted by molar-refractivity contribution is -0.137. The summed E-state index contributed by atoms with van der Waals surface area (Å²) in [5, 5.41) is 9.96. The van der Waals surface area contributed by atoms with Gasteiger partial charge in [0, 0.05) is 6.54 Å². The molecule has 0 aromatic heterocycles. The molecule has 2 aliphatic rings. The third-order valence-corrected chi connectivity index (χ3v) is 4.35. The molecule has 1 aliphatic heterocycles. The Morgan fingerprint density at radius 2 is 2.23 bits per heavy atom. The van der Waals surface area contributed by atoms with Gasteiger partial charge in [-0.05, 0) is 42.9 Å². The third kappa shape index (κ3) is 3.59. The molecule has 0 spiro atoms. The molecular weight excluding hydrogens is 282 g/mol. The number of β-amino-alcohol motifs (C(OH)–C–C–N with tert-alkyl or cyclic N) is 1. The molecule has 1 aromatic rings. The van der Waals surface area contributed by atoms with E-state index in [-0.39, 0.29) is 18.6 Å². The lowest BCUT2D eigenvalue weighted by Gasteiger charge is -2.25. The van der Waals surface area contributed by atoms with Crippen LogP contribution in [0.5, 0.6) is 5.75 Å². The van der Waals surface area contributed by atoms with E-state index < -0.39 is 6.10 Å². The summed E-state index contributed by atoms with van der Waals surface area (Å²) in [6, 6.07) is 7.57. The minimum absolute atomic E-state index is 0.0509. The average Bonchev–Trinajstić information content (AvgIpc) is 3.27. The molecule has 5 nitrogen and oxygen atoms in total. The van der Waals surface area contributed by atoms with E-state index in [2.05, 4.69) is 0 Å². The van der Waals surface area contributed by atoms with E-state index in [1.54, 1.807) is 12.0 Å². The number of carbonyl (C=O) groups is 1. The molecule has 2 fully saturated rings. The van der Waals surface area contributed by atoms with Gasteiger partial charge >= 0.3 is 0 Å². The maximum atomic E-state index is 12.4. The lowest BCUT2D eigenvalue weighted by Crippen LogP contribution is -2.34. The zero-order chi connectivity index (χ0) is 15.5. The summed E-state index contributed by atoms with van der Waals surface area (Å²) < 4.78 is 10.7. The van der Waals surface area contributed by atoms with E-state index in [1.807, 2.05) is 24.3 Å². The molecule has 0 bridgehead atoms. The van der Waals surface area contributed by atoms with Crippen LogP contribution in [0.15, 0.2) is 24.3 Å². The van der Waals surface area contributed by atoms with Crippen molar-refractivity contribution < 1.29 is 19.4 Å². The second kappa shape index (κ2) is 6.67. The number of methoxy groups -OCH3 is 1. The van der Waals surface area contributed by atoms with Crippen molar-refractivity contribution in [2.45, 2.75) is 31.4 Å². The number of rotatable bonds is 6. The maximum absolute atomic E-state index is 12.4. The van der Waals surface area contributed by atoms with Gasteiger partial charge in [-0.2, -0.15) is 0 Å². The van der Waals surface area contributed by atoms with Crippen molar-refractivity contribution in [2.24, 2.45) is 5.92 Å². The predicted octanol–water partition coefficient (Wildman–Crippen LogP) is 1.76. The largest absolute Gasteiger partial charge is 0.497 e. The van der Waals surface area contributed by atoms with Gasteiger partial charge in [-0.15, -0.1) is 0 Å². The summed E-state index contributed by atoms with van der Waals surface area (Å²) in [5.41, 5.74) is 0.992. The average molecular weight is 305 g/mol. The molecular formula is C17H23NO4. The number of benzene rings is 1. The predicted molar refractivity (Wildman–Crippen MR) is 81.6 cm³/mol. The van der Waals surface area contributed by atoms with Crippen molar-refractivity contribution in [1.82, 2.24) is 4.90 Å². The number of ether oxygens (including phenoxy) is 2. The van der Waals surface area contributed by atoms with E-state index in [0.717, 1.165) is 11.3 Å². The first-order chi connectivity index (χ1) is 10.7. The molecule has 5 heteroatoms. The van der Waals surface area contributed by atoms with Crippen molar-refractivity contribution in [3.05, 3.63) is 29.8 Å². The second-order valence-corrected chi connectivity index (χ2v) is 6.19. The first kappa shape index (κ1) is 15.3. The highest BCUT2D eigenvalue weighted by molar-refractivity contribution is 5.78. The van der Waals surface area contributed by atoms with Gasteiger partial charge < -0.3 is 19.5 Å². The van der Waals surface area contributed by atoms with E-state index in [1.165, 1.54) is 12.8 Å². The Kier molecular flexibility index (Phi) is 4.64. The molecule has 1 amide bonds. The Labute approximate surface area is 130 Å². The third-order valence-electron chi connectivity index (χ3n) is 4.35. The SMILES string of the molecule is COc1cccc([C@H]2C[C@@H](O)CN2C(=O)COCC2CC2)c1. The summed E-state index contributed by atoms with van der Waals surface area (Å²) in [7, 11) is 1.62. The van der Waals surface area contributed by atoms with Gasteiger partial charge in [0.25, 0.3) is 0 Å². The monoisotopic (exact) mass is 305 g/mol. The first-order valence-corrected chi connectivity index (χ1v) is 7.86. The van der Waals surface area contributed by atoms with Crippen LogP contribution in [0.4, 0.5) is 0 Å². The van der Waals surface area contributed by atoms with Crippen LogP contribution < -0.4 is 4.74 Å². The van der Waals surface area contributed by atoms with Crippen molar-refractivity contribution in [2.75, 3.05) is 26.9 Å². The normalized spacial score (nSPS) is 24.5. The first-order valence-electron chi connectivity index (χ1n) is 7.86. The van der Waals surface area contributed by atoms with Gasteiger partial charge in [-0.3, -0.25) is 4.79 Å². The number of aliphatic hydroxyl groups is 1. The van der Waals surface area contributed by atoms with E-state index in [4.69, 9.17) is 9.47 Å². The number of likely N-dealkylation sites (tertiary alicyclic amines) is 1. The summed E-state index contributed by atoms with van der Waals surface area (Å²) in [5.74, 6) is 1.35. The highest BCUT2D eigenvalue weighted by atomic mass is 16.5. The molecule has 1 aromatic carbocycles. The van der Waals surface area contributed by atoms with Crippen LogP contribution in [-0.2, 0) is 9.53 Å². The Balaban J connectivity index is 1.66. The fourth-order valence-electron chi connectivity index (χ4n) is 2.93. The molecule has 0 radical (unpaired) electrons. The van der Waals surface area contributed by atoms with Crippen molar-refractivity contribution >= 4 is 5.91 Å². The van der Waals surface area contributed by atoms with Gasteiger partial charge in [-0.1, -0.05) is 12.1 Å². The molecule has 1 aliphatic carbocycles. The number of nitrogens with zero attached hydrogens (tertiary/aromatic N) is 1. The van der Waals surface area contributed by atoms with Crippen LogP contribution in [0.2, 0.25) is 0 Å². The number of carbonyl (C=O) groups excluding carboxylic acids is 1. The number of hydrogen-bond acceptors (Lipinski definition) is 4. The topological polar surface area (TPSA) is 59.0 Å². The molecule has 1 saturated carbocycles. The van der Waals surface area contributed by atoms with Crippen molar-refractivity contribution in [1.29, 1.82) is 0 Å². The quantitative estimate of drug-likeness (QED) is 0.870. The number of hydrogen-bond donors (Lipinski definition) is 1. The molecule has 0 unspecified atom stereocenters. The van der Waals surface area contributed by atoms with Crippen LogP contribution in [-0.4, -0.2) is 48.9 Å². The van der Waals surface area contributed by atoms with E-state index >= 15 is 0 Å². The van der Waals surface area contributed by atoms with Crippen LogP contribution in [0.1, 0.15) is 30.9 Å². The summed E-state index contributed by atoms with van der Waals surface area (Å²) in [6.45, 7) is 1.14. The smallest absolute Gasteiger partial charge is 0.249 e. The maximum Gasteiger partial charge on any atom is 0.249 e. The fraction of sp³-hybridized carbons (Fsp3) is 0.588. The fourth-order valence-corrected chi connectivity index (χ4v) is 2.93. The van der Waals surface area contributed by atoms with Gasteiger partial charge in [0.15, 0.2) is 0 Å². The summed E-state index contributed by atoms with van der Waals surface area (Å²) in [4.78, 5) is 14.1. The molecule has 3 rings (SSSR count). The summed E-state index contributed by atoms with van der Waals surface area (Å²) in [6.07, 6.45) is 2.50. The second-order valence-electron chi connectivity index (χ2n) is 6.19. The number of aliphatic hydroxyl groups excluding tert-OH is 1. The molecule has 120 valence electrons. The minimum atomic E-state index is -0.483. The standard InChI is InChI=1S/C17H23NO4/c1-21-15-4-2-3-13(7-15)16-8-14(19)9-18(16)17(20)11-22-10-12-5-6-12/h2-4,7,12,14,16,19H,5-6,8-11H2,1H3/t14-,16-/m1/s1. The van der Waals surface area contributed by atoms with E-state index in [0.29, 0.717) is 25.5 Å². The summed E-state index contributed by atoms with van der Waals surface area (Å²) >= 11 is 0. The molecule has 1 saturated heterocycles. The van der Waals surface area contributed by atoms with E-state index in [9.17, 15) is 9.90 Å². The molecule has 1 heterocycles. The van der Waals surface area contributed by atoms with Gasteiger partial charge in [0.2, 0.25) is 5.91 Å². The van der Waals surface area contributed by atoms with Crippen molar-refractivity contribution in [3.8, 4) is 5.75 Å². The Hall–Kier alpha value is -1.59. The molecule has 1 N–H and O–H groups in total. The van der Waals surface area contributed by atoms with Crippen LogP contribution >= 0.6 is 0 Å². The van der Waals surface area contributed by atoms with Gasteiger partial charge in [0.05, 0.1) is 25.9 Å². The minimum Gasteiger partial charge on any atom is -0.497 e. The van der Waals surface area contributed by atoms with Crippen LogP contribution in [0.25, 0.3) is 0 Å². The lowest BCUT2D eigenvalue weighted by atomic mass is 10.0.